The summed E-state index contributed by atoms with van der Waals surface area (Å²) in [5, 5.41) is 4.91. The molecular formula is C50H36N2. The van der Waals surface area contributed by atoms with E-state index in [9.17, 15) is 0 Å². The Kier molecular flexibility index (Phi) is 7.98. The number of rotatable bonds is 6. The molecule has 0 amide bonds. The van der Waals surface area contributed by atoms with Gasteiger partial charge in [-0.25, -0.2) is 0 Å². The highest BCUT2D eigenvalue weighted by Crippen LogP contribution is 2.45. The first-order valence-electron chi connectivity index (χ1n) is 17.8. The first-order valence-corrected chi connectivity index (χ1v) is 17.8. The van der Waals surface area contributed by atoms with Gasteiger partial charge in [0.05, 0.1) is 11.4 Å². The lowest BCUT2D eigenvalue weighted by molar-refractivity contribution is 1.27. The minimum atomic E-state index is 0.979. The Morgan fingerprint density at radius 3 is 1.17 bits per heavy atom. The molecule has 2 nitrogen and oxygen atoms in total. The largest absolute Gasteiger partial charge is 0.256 e. The lowest BCUT2D eigenvalue weighted by Gasteiger charge is -2.19. The van der Waals surface area contributed by atoms with E-state index < -0.39 is 0 Å². The Morgan fingerprint density at radius 2 is 0.673 bits per heavy atom. The number of nitrogens with zero attached hydrogens (tertiary/aromatic N) is 2. The van der Waals surface area contributed by atoms with Crippen LogP contribution in [0.4, 0.5) is 0 Å². The van der Waals surface area contributed by atoms with Crippen molar-refractivity contribution >= 4 is 21.5 Å². The minimum Gasteiger partial charge on any atom is -0.256 e. The Bertz CT molecular complexity index is 2670. The molecule has 2 aromatic heterocycles. The fraction of sp³-hybridized carbons (Fsp3) is 0.0400. The summed E-state index contributed by atoms with van der Waals surface area (Å²) in [5.41, 5.74) is 16.2. The number of aryl methyl sites for hydroxylation is 2. The topological polar surface area (TPSA) is 25.8 Å². The molecule has 2 heteroatoms. The van der Waals surface area contributed by atoms with E-state index in [1.165, 1.54) is 66.1 Å². The fourth-order valence-electron chi connectivity index (χ4n) is 7.36. The molecule has 0 aliphatic carbocycles. The van der Waals surface area contributed by atoms with Crippen molar-refractivity contribution < 1.29 is 0 Å². The van der Waals surface area contributed by atoms with Crippen LogP contribution in [0.5, 0.6) is 0 Å². The van der Waals surface area contributed by atoms with E-state index >= 15 is 0 Å². The first kappa shape index (κ1) is 31.3. The fourth-order valence-corrected chi connectivity index (χ4v) is 7.36. The summed E-state index contributed by atoms with van der Waals surface area (Å²) in [6.45, 7) is 4.14. The predicted molar refractivity (Wildman–Crippen MR) is 219 cm³/mol. The molecule has 9 rings (SSSR count). The second kappa shape index (κ2) is 13.2. The highest BCUT2D eigenvalue weighted by atomic mass is 14.7. The maximum absolute atomic E-state index is 4.69. The normalized spacial score (nSPS) is 11.3. The quantitative estimate of drug-likeness (QED) is 0.165. The van der Waals surface area contributed by atoms with Crippen LogP contribution in [-0.2, 0) is 0 Å². The molecule has 0 aliphatic heterocycles. The van der Waals surface area contributed by atoms with E-state index in [0.717, 1.165) is 33.6 Å². The Labute approximate surface area is 304 Å². The molecule has 0 atom stereocenters. The van der Waals surface area contributed by atoms with E-state index in [1.807, 2.05) is 12.4 Å². The molecule has 52 heavy (non-hydrogen) atoms. The maximum Gasteiger partial charge on any atom is 0.0702 e. The summed E-state index contributed by atoms with van der Waals surface area (Å²) in [6, 6.07) is 61.6. The summed E-state index contributed by atoms with van der Waals surface area (Å²) in [6.07, 6.45) is 3.86. The molecule has 0 N–H and O–H groups in total. The van der Waals surface area contributed by atoms with E-state index in [0.29, 0.717) is 0 Å². The van der Waals surface area contributed by atoms with Gasteiger partial charge in [0.1, 0.15) is 0 Å². The number of fused-ring (bicyclic) bond motifs is 2. The number of benzene rings is 7. The second-order valence-electron chi connectivity index (χ2n) is 13.6. The molecule has 0 bridgehead atoms. The zero-order chi connectivity index (χ0) is 35.0. The van der Waals surface area contributed by atoms with Crippen LogP contribution in [0.1, 0.15) is 11.1 Å². The van der Waals surface area contributed by atoms with Gasteiger partial charge in [0.15, 0.2) is 0 Å². The van der Waals surface area contributed by atoms with Crippen LogP contribution in [0.25, 0.3) is 88.6 Å². The average Bonchev–Trinajstić information content (AvgIpc) is 3.21. The van der Waals surface area contributed by atoms with Crippen molar-refractivity contribution in [1.82, 2.24) is 9.97 Å². The lowest BCUT2D eigenvalue weighted by atomic mass is 9.84. The van der Waals surface area contributed by atoms with E-state index in [-0.39, 0.29) is 0 Å². The zero-order valence-corrected chi connectivity index (χ0v) is 29.2. The van der Waals surface area contributed by atoms with Crippen molar-refractivity contribution in [1.29, 1.82) is 0 Å². The monoisotopic (exact) mass is 664 g/mol. The van der Waals surface area contributed by atoms with Gasteiger partial charge in [-0.1, -0.05) is 152 Å². The maximum atomic E-state index is 4.69. The third-order valence-corrected chi connectivity index (χ3v) is 10.1. The molecule has 0 radical (unpaired) electrons. The van der Waals surface area contributed by atoms with Crippen LogP contribution in [0, 0.1) is 13.8 Å². The third-order valence-electron chi connectivity index (χ3n) is 10.1. The number of aromatic nitrogens is 2. The Morgan fingerprint density at radius 1 is 0.288 bits per heavy atom. The molecule has 0 spiro atoms. The molecule has 0 saturated heterocycles. The molecule has 246 valence electrons. The standard InChI is InChI=1S/C50H36N2/c1-33-12-28-47(51-31-33)38-18-22-40(23-19-38)49-43-10-6-7-11-44(43)50(41-24-20-39(21-25-41)48-29-13-34(2)32-52-48)46-30-42(26-27-45(46)49)37-16-14-36(15-17-37)35-8-4-3-5-9-35/h3-32H,1-2H3. The van der Waals surface area contributed by atoms with Crippen LogP contribution in [0.3, 0.4) is 0 Å². The molecule has 0 saturated carbocycles. The highest BCUT2D eigenvalue weighted by Gasteiger charge is 2.18. The van der Waals surface area contributed by atoms with E-state index in [4.69, 9.17) is 4.98 Å². The lowest BCUT2D eigenvalue weighted by Crippen LogP contribution is -1.92. The zero-order valence-electron chi connectivity index (χ0n) is 29.2. The molecule has 2 heterocycles. The van der Waals surface area contributed by atoms with Crippen molar-refractivity contribution in [2.24, 2.45) is 0 Å². The van der Waals surface area contributed by atoms with Gasteiger partial charge in [0, 0.05) is 23.5 Å². The van der Waals surface area contributed by atoms with Crippen LogP contribution in [0.15, 0.2) is 182 Å². The number of pyridine rings is 2. The molecular weight excluding hydrogens is 629 g/mol. The first-order chi connectivity index (χ1) is 25.6. The van der Waals surface area contributed by atoms with Gasteiger partial charge >= 0.3 is 0 Å². The van der Waals surface area contributed by atoms with Crippen LogP contribution in [0.2, 0.25) is 0 Å². The second-order valence-corrected chi connectivity index (χ2v) is 13.6. The summed E-state index contributed by atoms with van der Waals surface area (Å²) in [4.78, 5) is 9.37. The third kappa shape index (κ3) is 5.85. The van der Waals surface area contributed by atoms with Crippen LogP contribution in [-0.4, -0.2) is 9.97 Å². The summed E-state index contributed by atoms with van der Waals surface area (Å²) in [7, 11) is 0. The Hall–Kier alpha value is -6.64. The van der Waals surface area contributed by atoms with Crippen molar-refractivity contribution in [2.45, 2.75) is 13.8 Å². The molecule has 0 aliphatic rings. The van der Waals surface area contributed by atoms with Gasteiger partial charge in [-0.05, 0) is 109 Å². The van der Waals surface area contributed by atoms with Gasteiger partial charge in [-0.3, -0.25) is 9.97 Å². The van der Waals surface area contributed by atoms with Crippen LogP contribution >= 0.6 is 0 Å². The number of hydrogen-bond donors (Lipinski definition) is 0. The van der Waals surface area contributed by atoms with Crippen molar-refractivity contribution in [2.75, 3.05) is 0 Å². The summed E-state index contributed by atoms with van der Waals surface area (Å²) >= 11 is 0. The van der Waals surface area contributed by atoms with Gasteiger partial charge in [0.25, 0.3) is 0 Å². The van der Waals surface area contributed by atoms with E-state index in [2.05, 4.69) is 189 Å². The van der Waals surface area contributed by atoms with Gasteiger partial charge in [-0.2, -0.15) is 0 Å². The molecule has 0 fully saturated rings. The van der Waals surface area contributed by atoms with Crippen molar-refractivity contribution in [3.05, 3.63) is 193 Å². The van der Waals surface area contributed by atoms with Crippen molar-refractivity contribution in [3.8, 4) is 67.0 Å². The molecule has 0 unspecified atom stereocenters. The SMILES string of the molecule is Cc1ccc(-c2ccc(-c3c4ccccc4c(-c4ccc(-c5ccc(C)cn5)cc4)c4cc(-c5ccc(-c6ccccc6)cc5)ccc34)cc2)nc1. The highest BCUT2D eigenvalue weighted by molar-refractivity contribution is 6.22. The Balaban J connectivity index is 1.23. The minimum absolute atomic E-state index is 0.979. The molecule has 9 aromatic rings. The van der Waals surface area contributed by atoms with Gasteiger partial charge < -0.3 is 0 Å². The smallest absolute Gasteiger partial charge is 0.0702 e. The van der Waals surface area contributed by atoms with Gasteiger partial charge in [-0.15, -0.1) is 0 Å². The van der Waals surface area contributed by atoms with Crippen LogP contribution < -0.4 is 0 Å². The molecule has 7 aromatic carbocycles. The summed E-state index contributed by atoms with van der Waals surface area (Å²) in [5.74, 6) is 0. The number of hydrogen-bond acceptors (Lipinski definition) is 2. The predicted octanol–water partition coefficient (Wildman–Crippen LogP) is 13.4. The van der Waals surface area contributed by atoms with Gasteiger partial charge in [0.2, 0.25) is 0 Å². The average molecular weight is 665 g/mol. The summed E-state index contributed by atoms with van der Waals surface area (Å²) < 4.78 is 0. The van der Waals surface area contributed by atoms with E-state index in [1.54, 1.807) is 0 Å². The van der Waals surface area contributed by atoms with Crippen molar-refractivity contribution in [3.63, 3.8) is 0 Å².